The lowest BCUT2D eigenvalue weighted by molar-refractivity contribution is -0.0668. The number of hydrogen-bond donors (Lipinski definition) is 0. The Morgan fingerprint density at radius 2 is 2.05 bits per heavy atom. The highest BCUT2D eigenvalue weighted by molar-refractivity contribution is 9.09. The fourth-order valence-corrected chi connectivity index (χ4v) is 4.63. The molecule has 1 aliphatic carbocycles. The maximum atomic E-state index is 13.4. The summed E-state index contributed by atoms with van der Waals surface area (Å²) < 4.78 is 19.9. The summed E-state index contributed by atoms with van der Waals surface area (Å²) >= 11 is 3.59. The maximum Gasteiger partial charge on any atom is 0.123 e. The molecule has 1 heterocycles. The van der Waals surface area contributed by atoms with Crippen LogP contribution in [0.5, 0.6) is 0 Å². The number of halogens is 2. The van der Waals surface area contributed by atoms with Crippen LogP contribution in [0, 0.1) is 5.82 Å². The number of benzene rings is 1. The van der Waals surface area contributed by atoms with E-state index in [4.69, 9.17) is 4.74 Å². The van der Waals surface area contributed by atoms with Gasteiger partial charge in [0.1, 0.15) is 5.82 Å². The van der Waals surface area contributed by atoms with Crippen molar-refractivity contribution >= 4 is 15.9 Å². The van der Waals surface area contributed by atoms with Gasteiger partial charge in [-0.2, -0.15) is 0 Å². The van der Waals surface area contributed by atoms with Gasteiger partial charge in [-0.3, -0.25) is 0 Å². The summed E-state index contributed by atoms with van der Waals surface area (Å²) in [5.74, 6) is 0.194. The molecule has 2 unspecified atom stereocenters. The van der Waals surface area contributed by atoms with Crippen LogP contribution in [0.1, 0.15) is 62.8 Å². The Kier molecular flexibility index (Phi) is 5.00. The van der Waals surface area contributed by atoms with E-state index in [1.807, 2.05) is 6.07 Å². The van der Waals surface area contributed by atoms with Crippen molar-refractivity contribution in [3.8, 4) is 0 Å². The van der Waals surface area contributed by atoms with Crippen molar-refractivity contribution in [1.82, 2.24) is 0 Å². The molecule has 1 saturated heterocycles. The van der Waals surface area contributed by atoms with Gasteiger partial charge in [-0.15, -0.1) is 0 Å². The molecule has 3 heteroatoms. The molecule has 116 valence electrons. The molecule has 2 atom stereocenters. The summed E-state index contributed by atoms with van der Waals surface area (Å²) in [6, 6.07) is 7.01. The van der Waals surface area contributed by atoms with Gasteiger partial charge in [0.2, 0.25) is 0 Å². The Bertz CT molecular complexity index is 470. The molecule has 1 aromatic carbocycles. The van der Waals surface area contributed by atoms with Crippen molar-refractivity contribution in [2.24, 2.45) is 0 Å². The van der Waals surface area contributed by atoms with Gasteiger partial charge >= 0.3 is 0 Å². The van der Waals surface area contributed by atoms with E-state index in [2.05, 4.69) is 15.9 Å². The van der Waals surface area contributed by atoms with Crippen LogP contribution in [-0.2, 0) is 4.74 Å². The minimum atomic E-state index is -0.144. The van der Waals surface area contributed by atoms with Crippen LogP contribution >= 0.6 is 15.9 Å². The first-order valence-electron chi connectivity index (χ1n) is 8.20. The van der Waals surface area contributed by atoms with Crippen molar-refractivity contribution in [2.75, 3.05) is 5.33 Å². The van der Waals surface area contributed by atoms with Gasteiger partial charge in [-0.1, -0.05) is 47.3 Å². The van der Waals surface area contributed by atoms with E-state index >= 15 is 0 Å². The molecule has 1 saturated carbocycles. The molecule has 21 heavy (non-hydrogen) atoms. The van der Waals surface area contributed by atoms with Crippen LogP contribution in [0.15, 0.2) is 24.3 Å². The third kappa shape index (κ3) is 3.68. The fraction of sp³-hybridized carbons (Fsp3) is 0.667. The van der Waals surface area contributed by atoms with Crippen molar-refractivity contribution in [1.29, 1.82) is 0 Å². The minimum absolute atomic E-state index is 0.144. The molecule has 0 radical (unpaired) electrons. The Labute approximate surface area is 135 Å². The van der Waals surface area contributed by atoms with Gasteiger partial charge in [0, 0.05) is 5.33 Å². The number of alkyl halides is 1. The summed E-state index contributed by atoms with van der Waals surface area (Å²) in [6.45, 7) is 0. The molecule has 0 amide bonds. The third-order valence-corrected chi connectivity index (χ3v) is 5.94. The molecule has 2 aliphatic rings. The van der Waals surface area contributed by atoms with E-state index in [0.29, 0.717) is 12.0 Å². The van der Waals surface area contributed by atoms with Crippen molar-refractivity contribution < 1.29 is 9.13 Å². The quantitative estimate of drug-likeness (QED) is 0.641. The molecular formula is C18H24BrFO. The van der Waals surface area contributed by atoms with E-state index < -0.39 is 0 Å². The molecular weight excluding hydrogens is 331 g/mol. The average Bonchev–Trinajstić information content (AvgIpc) is 2.88. The van der Waals surface area contributed by atoms with E-state index in [9.17, 15) is 4.39 Å². The van der Waals surface area contributed by atoms with Crippen molar-refractivity contribution in [2.45, 2.75) is 69.0 Å². The first-order chi connectivity index (χ1) is 10.2. The van der Waals surface area contributed by atoms with Gasteiger partial charge in [0.15, 0.2) is 0 Å². The maximum absolute atomic E-state index is 13.4. The van der Waals surface area contributed by atoms with Crippen LogP contribution < -0.4 is 0 Å². The lowest BCUT2D eigenvalue weighted by Crippen LogP contribution is -2.32. The van der Waals surface area contributed by atoms with E-state index in [1.165, 1.54) is 51.0 Å². The van der Waals surface area contributed by atoms with E-state index in [0.717, 1.165) is 17.3 Å². The average molecular weight is 355 g/mol. The predicted octanol–water partition coefficient (Wildman–Crippen LogP) is 5.58. The Morgan fingerprint density at radius 3 is 2.76 bits per heavy atom. The highest BCUT2D eigenvalue weighted by atomic mass is 79.9. The lowest BCUT2D eigenvalue weighted by Gasteiger charge is -2.33. The summed E-state index contributed by atoms with van der Waals surface area (Å²) in [4.78, 5) is 0. The molecule has 2 fully saturated rings. The third-order valence-electron chi connectivity index (χ3n) is 5.16. The van der Waals surface area contributed by atoms with Gasteiger partial charge in [0.05, 0.1) is 11.7 Å². The van der Waals surface area contributed by atoms with Gasteiger partial charge in [-0.05, 0) is 55.7 Å². The van der Waals surface area contributed by atoms with E-state index in [1.54, 1.807) is 12.1 Å². The number of ether oxygens (including phenoxy) is 1. The topological polar surface area (TPSA) is 9.23 Å². The van der Waals surface area contributed by atoms with Gasteiger partial charge < -0.3 is 4.74 Å². The summed E-state index contributed by atoms with van der Waals surface area (Å²) in [5.41, 5.74) is 1.27. The first-order valence-corrected chi connectivity index (χ1v) is 9.32. The fourth-order valence-electron chi connectivity index (χ4n) is 3.99. The van der Waals surface area contributed by atoms with Crippen molar-refractivity contribution in [3.05, 3.63) is 35.6 Å². The second kappa shape index (κ2) is 6.78. The second-order valence-electron chi connectivity index (χ2n) is 6.66. The van der Waals surface area contributed by atoms with Crippen LogP contribution in [-0.4, -0.2) is 17.0 Å². The molecule has 1 aromatic rings. The zero-order valence-corrected chi connectivity index (χ0v) is 14.1. The SMILES string of the molecule is Fc1cccc(C(CBr)CC2CCC3(CCCCC3)O2)c1. The van der Waals surface area contributed by atoms with Crippen molar-refractivity contribution in [3.63, 3.8) is 0 Å². The zero-order chi connectivity index (χ0) is 14.7. The standard InChI is InChI=1S/C18H24BrFO/c19-13-15(14-5-4-6-16(20)11-14)12-17-7-10-18(21-17)8-2-1-3-9-18/h4-6,11,15,17H,1-3,7-10,12-13H2. The van der Waals surface area contributed by atoms with Crippen LogP contribution in [0.2, 0.25) is 0 Å². The molecule has 0 aromatic heterocycles. The van der Waals surface area contributed by atoms with E-state index in [-0.39, 0.29) is 11.4 Å². The smallest absolute Gasteiger partial charge is 0.123 e. The molecule has 1 aliphatic heterocycles. The Morgan fingerprint density at radius 1 is 1.24 bits per heavy atom. The minimum Gasteiger partial charge on any atom is -0.372 e. The zero-order valence-electron chi connectivity index (χ0n) is 12.5. The van der Waals surface area contributed by atoms with Gasteiger partial charge in [0.25, 0.3) is 0 Å². The first kappa shape index (κ1) is 15.5. The normalized spacial score (nSPS) is 26.1. The second-order valence-corrected chi connectivity index (χ2v) is 7.31. The molecule has 1 nitrogen and oxygen atoms in total. The predicted molar refractivity (Wildman–Crippen MR) is 87.5 cm³/mol. The lowest BCUT2D eigenvalue weighted by atomic mass is 9.83. The summed E-state index contributed by atoms with van der Waals surface area (Å²) in [7, 11) is 0. The molecule has 3 rings (SSSR count). The molecule has 0 bridgehead atoms. The van der Waals surface area contributed by atoms with Gasteiger partial charge in [-0.25, -0.2) is 4.39 Å². The van der Waals surface area contributed by atoms with Crippen LogP contribution in [0.4, 0.5) is 4.39 Å². The highest BCUT2D eigenvalue weighted by Crippen LogP contribution is 2.44. The van der Waals surface area contributed by atoms with Crippen LogP contribution in [0.3, 0.4) is 0 Å². The number of rotatable bonds is 4. The molecule has 1 spiro atoms. The molecule has 0 N–H and O–H groups in total. The Balaban J connectivity index is 1.63. The summed E-state index contributed by atoms with van der Waals surface area (Å²) in [6.07, 6.45) is 10.2. The largest absolute Gasteiger partial charge is 0.372 e. The number of hydrogen-bond acceptors (Lipinski definition) is 1. The highest BCUT2D eigenvalue weighted by Gasteiger charge is 2.41. The summed E-state index contributed by atoms with van der Waals surface area (Å²) in [5, 5.41) is 0.864. The Hall–Kier alpha value is -0.410. The monoisotopic (exact) mass is 354 g/mol. The van der Waals surface area contributed by atoms with Crippen LogP contribution in [0.25, 0.3) is 0 Å².